The Labute approximate surface area is 117 Å². The lowest BCUT2D eigenvalue weighted by atomic mass is 9.97. The summed E-state index contributed by atoms with van der Waals surface area (Å²) >= 11 is 0. The maximum Gasteiger partial charge on any atom is 0.159 e. The van der Waals surface area contributed by atoms with Gasteiger partial charge < -0.3 is 0 Å². The van der Waals surface area contributed by atoms with Crippen molar-refractivity contribution in [1.82, 2.24) is 0 Å². The van der Waals surface area contributed by atoms with Crippen molar-refractivity contribution in [2.75, 3.05) is 0 Å². The molecule has 0 aromatic heterocycles. The first-order chi connectivity index (χ1) is 9.36. The molecule has 0 bridgehead atoms. The molecular weight excluding hydrogens is 258 g/mol. The summed E-state index contributed by atoms with van der Waals surface area (Å²) in [5, 5.41) is 16.0. The van der Waals surface area contributed by atoms with Crippen LogP contribution in [0.25, 0.3) is 0 Å². The van der Waals surface area contributed by atoms with E-state index in [-0.39, 0.29) is 17.0 Å². The van der Waals surface area contributed by atoms with Gasteiger partial charge in [0.15, 0.2) is 11.6 Å². The average molecular weight is 276 g/mol. The van der Waals surface area contributed by atoms with Crippen LogP contribution in [0.2, 0.25) is 0 Å². The number of benzene rings is 1. The zero-order valence-corrected chi connectivity index (χ0v) is 11.8. The van der Waals surface area contributed by atoms with Crippen molar-refractivity contribution >= 4 is 11.4 Å². The van der Waals surface area contributed by atoms with Crippen LogP contribution in [0.1, 0.15) is 32.8 Å². The van der Waals surface area contributed by atoms with Crippen molar-refractivity contribution in [2.45, 2.75) is 27.2 Å². The molecule has 0 aliphatic heterocycles. The molecule has 4 heteroatoms. The molecule has 2 N–H and O–H groups in total. The Balaban J connectivity index is 2.98. The van der Waals surface area contributed by atoms with Crippen LogP contribution in [0.15, 0.2) is 41.5 Å². The zero-order valence-electron chi connectivity index (χ0n) is 11.8. The molecule has 0 radical (unpaired) electrons. The van der Waals surface area contributed by atoms with E-state index in [0.29, 0.717) is 12.0 Å². The third-order valence-electron chi connectivity index (χ3n) is 2.86. The molecule has 0 aliphatic rings. The van der Waals surface area contributed by atoms with Gasteiger partial charge in [-0.1, -0.05) is 17.7 Å². The van der Waals surface area contributed by atoms with Crippen molar-refractivity contribution in [1.29, 1.82) is 10.8 Å². The Hall–Kier alpha value is -2.10. The number of hydrogen-bond acceptors (Lipinski definition) is 2. The summed E-state index contributed by atoms with van der Waals surface area (Å²) in [7, 11) is 0. The molecule has 106 valence electrons. The normalized spacial score (nSPS) is 11.2. The molecule has 0 fully saturated rings. The third kappa shape index (κ3) is 3.95. The maximum atomic E-state index is 13.2. The molecule has 0 heterocycles. The molecule has 0 saturated heterocycles. The Kier molecular flexibility index (Phi) is 5.50. The molecule has 0 amide bonds. The van der Waals surface area contributed by atoms with E-state index < -0.39 is 11.6 Å². The van der Waals surface area contributed by atoms with Gasteiger partial charge in [-0.15, -0.1) is 0 Å². The van der Waals surface area contributed by atoms with Crippen LogP contribution in [0.5, 0.6) is 0 Å². The zero-order chi connectivity index (χ0) is 15.3. The Morgan fingerprint density at radius 3 is 2.30 bits per heavy atom. The van der Waals surface area contributed by atoms with Gasteiger partial charge >= 0.3 is 0 Å². The fourth-order valence-corrected chi connectivity index (χ4v) is 1.63. The second-order valence-corrected chi connectivity index (χ2v) is 4.68. The molecule has 0 atom stereocenters. The van der Waals surface area contributed by atoms with Crippen LogP contribution >= 0.6 is 0 Å². The van der Waals surface area contributed by atoms with Crippen LogP contribution in [0.3, 0.4) is 0 Å². The topological polar surface area (TPSA) is 47.7 Å². The number of allylic oxidation sites excluding steroid dienone is 4. The first kappa shape index (κ1) is 16.0. The van der Waals surface area contributed by atoms with Crippen molar-refractivity contribution in [2.24, 2.45) is 0 Å². The number of nitrogens with one attached hydrogen (secondary N) is 2. The summed E-state index contributed by atoms with van der Waals surface area (Å²) in [6, 6.07) is 3.22. The van der Waals surface area contributed by atoms with Gasteiger partial charge in [0.05, 0.1) is 11.4 Å². The van der Waals surface area contributed by atoms with Gasteiger partial charge in [-0.05, 0) is 51.0 Å². The van der Waals surface area contributed by atoms with Crippen LogP contribution in [-0.2, 0) is 0 Å². The van der Waals surface area contributed by atoms with E-state index in [4.69, 9.17) is 10.8 Å². The Morgan fingerprint density at radius 1 is 1.15 bits per heavy atom. The van der Waals surface area contributed by atoms with E-state index in [1.807, 2.05) is 19.9 Å². The lowest BCUT2D eigenvalue weighted by Crippen LogP contribution is -2.16. The van der Waals surface area contributed by atoms with Crippen molar-refractivity contribution < 1.29 is 8.78 Å². The molecule has 0 saturated carbocycles. The first-order valence-corrected chi connectivity index (χ1v) is 6.28. The quantitative estimate of drug-likeness (QED) is 0.580. The van der Waals surface area contributed by atoms with Crippen LogP contribution in [-0.4, -0.2) is 11.4 Å². The van der Waals surface area contributed by atoms with E-state index in [9.17, 15) is 8.78 Å². The molecule has 0 spiro atoms. The number of rotatable bonds is 5. The highest BCUT2D eigenvalue weighted by Crippen LogP contribution is 2.14. The molecule has 20 heavy (non-hydrogen) atoms. The fourth-order valence-electron chi connectivity index (χ4n) is 1.63. The van der Waals surface area contributed by atoms with Crippen LogP contribution in [0, 0.1) is 22.5 Å². The summed E-state index contributed by atoms with van der Waals surface area (Å²) in [6.07, 6.45) is 4.27. The predicted octanol–water partition coefficient (Wildman–Crippen LogP) is 4.66. The van der Waals surface area contributed by atoms with E-state index >= 15 is 0 Å². The summed E-state index contributed by atoms with van der Waals surface area (Å²) < 4.78 is 26.1. The Morgan fingerprint density at radius 2 is 1.80 bits per heavy atom. The highest BCUT2D eigenvalue weighted by Gasteiger charge is 2.13. The van der Waals surface area contributed by atoms with E-state index in [1.165, 1.54) is 6.07 Å². The van der Waals surface area contributed by atoms with E-state index in [1.54, 1.807) is 13.0 Å². The van der Waals surface area contributed by atoms with Gasteiger partial charge in [0.2, 0.25) is 0 Å². The summed E-state index contributed by atoms with van der Waals surface area (Å²) in [5.41, 5.74) is 1.91. The summed E-state index contributed by atoms with van der Waals surface area (Å²) in [6.45, 7) is 5.70. The molecule has 1 rings (SSSR count). The molecule has 0 aliphatic carbocycles. The van der Waals surface area contributed by atoms with Gasteiger partial charge in [-0.25, -0.2) is 8.78 Å². The molecule has 0 unspecified atom stereocenters. The minimum atomic E-state index is -1.01. The Bertz CT molecular complexity index is 594. The largest absolute Gasteiger partial charge is 0.298 e. The van der Waals surface area contributed by atoms with Crippen LogP contribution in [0.4, 0.5) is 8.78 Å². The summed E-state index contributed by atoms with van der Waals surface area (Å²) in [4.78, 5) is 0. The van der Waals surface area contributed by atoms with Gasteiger partial charge in [-0.2, -0.15) is 0 Å². The van der Waals surface area contributed by atoms with Crippen molar-refractivity contribution in [3.63, 3.8) is 0 Å². The lowest BCUT2D eigenvalue weighted by Gasteiger charge is -2.09. The molecule has 1 aromatic carbocycles. The SMILES string of the molecule is C/C=C(\CC=C(C)C)C(=N)C(=N)c1ccc(F)c(F)c1. The third-order valence-corrected chi connectivity index (χ3v) is 2.86. The standard InChI is InChI=1S/C16H18F2N2/c1-4-11(6-5-10(2)3)15(19)16(20)12-7-8-13(17)14(18)9-12/h4-5,7-9,19-20H,6H2,1-3H3/b11-4+,19-15?,20-16?. The van der Waals surface area contributed by atoms with Gasteiger partial charge in [0.1, 0.15) is 0 Å². The fraction of sp³-hybridized carbons (Fsp3) is 0.250. The van der Waals surface area contributed by atoms with Crippen LogP contribution < -0.4 is 0 Å². The summed E-state index contributed by atoms with van der Waals surface area (Å²) in [5.74, 6) is -1.96. The minimum Gasteiger partial charge on any atom is -0.298 e. The smallest absolute Gasteiger partial charge is 0.159 e. The predicted molar refractivity (Wildman–Crippen MR) is 78.7 cm³/mol. The second kappa shape index (κ2) is 6.89. The highest BCUT2D eigenvalue weighted by molar-refractivity contribution is 6.51. The van der Waals surface area contributed by atoms with Gasteiger partial charge in [0, 0.05) is 5.56 Å². The molecular formula is C16H18F2N2. The molecule has 1 aromatic rings. The van der Waals surface area contributed by atoms with Gasteiger partial charge in [-0.3, -0.25) is 10.8 Å². The number of halogens is 2. The minimum absolute atomic E-state index is 0.0241. The second-order valence-electron chi connectivity index (χ2n) is 4.68. The number of hydrogen-bond donors (Lipinski definition) is 2. The maximum absolute atomic E-state index is 13.2. The van der Waals surface area contributed by atoms with Crippen molar-refractivity contribution in [3.05, 3.63) is 58.7 Å². The van der Waals surface area contributed by atoms with E-state index in [0.717, 1.165) is 17.7 Å². The monoisotopic (exact) mass is 276 g/mol. The molecule has 2 nitrogen and oxygen atoms in total. The van der Waals surface area contributed by atoms with E-state index in [2.05, 4.69) is 0 Å². The van der Waals surface area contributed by atoms with Crippen molar-refractivity contribution in [3.8, 4) is 0 Å². The van der Waals surface area contributed by atoms with Gasteiger partial charge in [0.25, 0.3) is 0 Å². The lowest BCUT2D eigenvalue weighted by molar-refractivity contribution is 0.508. The first-order valence-electron chi connectivity index (χ1n) is 6.28. The average Bonchev–Trinajstić information content (AvgIpc) is 2.41. The highest BCUT2D eigenvalue weighted by atomic mass is 19.2.